The molecule has 54 heavy (non-hydrogen) atoms. The van der Waals surface area contributed by atoms with E-state index >= 15 is 0 Å². The molecule has 0 amide bonds. The van der Waals surface area contributed by atoms with E-state index in [4.69, 9.17) is 0 Å². The maximum absolute atomic E-state index is 2.56. The molecule has 7 aromatic carbocycles. The molecule has 0 radical (unpaired) electrons. The van der Waals surface area contributed by atoms with Crippen LogP contribution in [0.15, 0.2) is 182 Å². The quantitative estimate of drug-likeness (QED) is 0.165. The third kappa shape index (κ3) is 4.42. The molecule has 2 aliphatic heterocycles. The summed E-state index contributed by atoms with van der Waals surface area (Å²) in [5.41, 5.74) is 17.4. The molecule has 0 bridgehead atoms. The standard InChI is InChI=1S/C49H36BN3S/c1-49(2)39-27-16-15-26-38(39)44-46-48(54-47(44)49)50-40-31-30-37(51(33-18-7-3-8-19-33)34-20-9-4-10-21-34)32-43(40)52(35-22-11-5-12-23-35)41-28-17-29-42(45(41)50)53(46)36-24-13-6-14-25-36/h3-32H,1-2H3. The number of benzene rings is 7. The second kappa shape index (κ2) is 11.9. The van der Waals surface area contributed by atoms with E-state index in [9.17, 15) is 0 Å². The van der Waals surface area contributed by atoms with Crippen LogP contribution in [0.3, 0.4) is 0 Å². The van der Waals surface area contributed by atoms with Gasteiger partial charge in [-0.15, -0.1) is 0 Å². The largest absolute Gasteiger partial charge is 0.311 e. The van der Waals surface area contributed by atoms with Crippen molar-refractivity contribution in [1.29, 1.82) is 0 Å². The molecule has 0 atom stereocenters. The highest BCUT2D eigenvalue weighted by Gasteiger charge is 2.49. The van der Waals surface area contributed by atoms with Crippen molar-refractivity contribution in [3.8, 4) is 11.1 Å². The SMILES string of the molecule is CC1(C)c2ccccc2-c2c1sc1c2N(c2ccccc2)c2cccc3c2B1c1ccc(N(c2ccccc2)c2ccccc2)cc1N3c1ccccc1. The number of para-hydroxylation sites is 4. The average Bonchev–Trinajstić information content (AvgIpc) is 3.73. The number of thiophene rings is 1. The highest BCUT2D eigenvalue weighted by molar-refractivity contribution is 7.29. The van der Waals surface area contributed by atoms with E-state index in [1.807, 2.05) is 11.3 Å². The van der Waals surface area contributed by atoms with Gasteiger partial charge < -0.3 is 14.7 Å². The molecule has 1 aliphatic carbocycles. The molecule has 3 nitrogen and oxygen atoms in total. The van der Waals surface area contributed by atoms with E-state index in [2.05, 4.69) is 211 Å². The van der Waals surface area contributed by atoms with Crippen LogP contribution in [0.1, 0.15) is 24.3 Å². The summed E-state index contributed by atoms with van der Waals surface area (Å²) in [6.45, 7) is 4.88. The van der Waals surface area contributed by atoms with Crippen LogP contribution in [0.5, 0.6) is 0 Å². The molecule has 11 rings (SSSR count). The minimum atomic E-state index is -0.103. The first-order chi connectivity index (χ1) is 26.6. The zero-order valence-electron chi connectivity index (χ0n) is 30.1. The molecule has 8 aromatic rings. The van der Waals surface area contributed by atoms with Gasteiger partial charge in [0, 0.05) is 66.1 Å². The number of rotatable bonds is 5. The van der Waals surface area contributed by atoms with E-state index < -0.39 is 0 Å². The first-order valence-corrected chi connectivity index (χ1v) is 19.6. The van der Waals surface area contributed by atoms with Crippen molar-refractivity contribution in [3.05, 3.63) is 192 Å². The van der Waals surface area contributed by atoms with Gasteiger partial charge in [0.05, 0.1) is 5.69 Å². The normalized spacial score (nSPS) is 14.1. The Bertz CT molecular complexity index is 2670. The van der Waals surface area contributed by atoms with E-state index in [1.54, 1.807) is 0 Å². The van der Waals surface area contributed by atoms with Crippen LogP contribution in [-0.2, 0) is 5.41 Å². The van der Waals surface area contributed by atoms with Gasteiger partial charge in [-0.05, 0) is 94.8 Å². The highest BCUT2D eigenvalue weighted by Crippen LogP contribution is 2.58. The predicted octanol–water partition coefficient (Wildman–Crippen LogP) is 11.6. The fourth-order valence-corrected chi connectivity index (χ4v) is 10.8. The summed E-state index contributed by atoms with van der Waals surface area (Å²) < 4.78 is 1.41. The third-order valence-electron chi connectivity index (χ3n) is 11.5. The van der Waals surface area contributed by atoms with Crippen LogP contribution in [0.25, 0.3) is 11.1 Å². The van der Waals surface area contributed by atoms with Crippen molar-refractivity contribution >= 4 is 84.9 Å². The lowest BCUT2D eigenvalue weighted by molar-refractivity contribution is 0.674. The van der Waals surface area contributed by atoms with E-state index in [1.165, 1.54) is 65.7 Å². The summed E-state index contributed by atoms with van der Waals surface area (Å²) in [6.07, 6.45) is 0. The van der Waals surface area contributed by atoms with Crippen molar-refractivity contribution in [1.82, 2.24) is 0 Å². The first kappa shape index (κ1) is 31.3. The lowest BCUT2D eigenvalue weighted by Gasteiger charge is -2.43. The molecule has 256 valence electrons. The Labute approximate surface area is 321 Å². The van der Waals surface area contributed by atoms with Crippen LogP contribution < -0.4 is 30.4 Å². The molecule has 3 heterocycles. The van der Waals surface area contributed by atoms with Crippen LogP contribution >= 0.6 is 11.3 Å². The summed E-state index contributed by atoms with van der Waals surface area (Å²) >= 11 is 2.02. The second-order valence-electron chi connectivity index (χ2n) is 14.9. The highest BCUT2D eigenvalue weighted by atomic mass is 32.1. The summed E-state index contributed by atoms with van der Waals surface area (Å²) in [4.78, 5) is 8.88. The van der Waals surface area contributed by atoms with Gasteiger partial charge in [-0.2, -0.15) is 11.3 Å². The predicted molar refractivity (Wildman–Crippen MR) is 231 cm³/mol. The molecular formula is C49H36BN3S. The second-order valence-corrected chi connectivity index (χ2v) is 16.0. The Balaban J connectivity index is 1.22. The van der Waals surface area contributed by atoms with Crippen molar-refractivity contribution < 1.29 is 0 Å². The molecule has 5 heteroatoms. The Morgan fingerprint density at radius 1 is 0.519 bits per heavy atom. The Hall–Kier alpha value is -6.30. The van der Waals surface area contributed by atoms with Gasteiger partial charge in [0.1, 0.15) is 0 Å². The van der Waals surface area contributed by atoms with E-state index in [-0.39, 0.29) is 12.1 Å². The van der Waals surface area contributed by atoms with Crippen molar-refractivity contribution in [3.63, 3.8) is 0 Å². The van der Waals surface area contributed by atoms with Gasteiger partial charge in [-0.1, -0.05) is 123 Å². The van der Waals surface area contributed by atoms with Gasteiger partial charge in [0.25, 0.3) is 6.71 Å². The number of hydrogen-bond acceptors (Lipinski definition) is 4. The van der Waals surface area contributed by atoms with E-state index in [0.29, 0.717) is 0 Å². The molecule has 0 unspecified atom stereocenters. The first-order valence-electron chi connectivity index (χ1n) is 18.7. The number of hydrogen-bond donors (Lipinski definition) is 0. The summed E-state index contributed by atoms with van der Waals surface area (Å²) in [5.74, 6) is 0. The smallest absolute Gasteiger partial charge is 0.264 e. The monoisotopic (exact) mass is 709 g/mol. The molecule has 3 aliphatic rings. The molecule has 0 spiro atoms. The number of nitrogens with zero attached hydrogens (tertiary/aromatic N) is 3. The Morgan fingerprint density at radius 3 is 1.72 bits per heavy atom. The zero-order chi connectivity index (χ0) is 36.0. The molecule has 0 saturated heterocycles. The summed E-state index contributed by atoms with van der Waals surface area (Å²) in [6, 6.07) is 66.5. The fourth-order valence-electron chi connectivity index (χ4n) is 9.23. The van der Waals surface area contributed by atoms with Crippen LogP contribution in [0.2, 0.25) is 0 Å². The van der Waals surface area contributed by atoms with E-state index in [0.717, 1.165) is 22.7 Å². The van der Waals surface area contributed by atoms with Gasteiger partial charge in [0.15, 0.2) is 0 Å². The lowest BCUT2D eigenvalue weighted by Crippen LogP contribution is -2.60. The lowest BCUT2D eigenvalue weighted by atomic mass is 9.36. The number of fused-ring (bicyclic) bond motifs is 8. The molecule has 1 aromatic heterocycles. The van der Waals surface area contributed by atoms with Crippen LogP contribution in [0, 0.1) is 0 Å². The number of anilines is 9. The minimum Gasteiger partial charge on any atom is -0.311 e. The van der Waals surface area contributed by atoms with Gasteiger partial charge in [-0.3, -0.25) is 0 Å². The van der Waals surface area contributed by atoms with Gasteiger partial charge in [0.2, 0.25) is 0 Å². The summed E-state index contributed by atoms with van der Waals surface area (Å²) in [5, 5.41) is 0. The molecular weight excluding hydrogens is 673 g/mol. The minimum absolute atomic E-state index is 0.0654. The zero-order valence-corrected chi connectivity index (χ0v) is 31.0. The van der Waals surface area contributed by atoms with Crippen molar-refractivity contribution in [2.24, 2.45) is 0 Å². The maximum atomic E-state index is 2.56. The summed E-state index contributed by atoms with van der Waals surface area (Å²) in [7, 11) is 0. The Morgan fingerprint density at radius 2 is 1.07 bits per heavy atom. The molecule has 0 fully saturated rings. The molecule has 0 N–H and O–H groups in total. The average molecular weight is 710 g/mol. The van der Waals surface area contributed by atoms with Gasteiger partial charge >= 0.3 is 0 Å². The van der Waals surface area contributed by atoms with Gasteiger partial charge in [-0.25, -0.2) is 0 Å². The van der Waals surface area contributed by atoms with Crippen LogP contribution in [0.4, 0.5) is 51.2 Å². The fraction of sp³-hybridized carbons (Fsp3) is 0.0612. The topological polar surface area (TPSA) is 9.72 Å². The van der Waals surface area contributed by atoms with Crippen molar-refractivity contribution in [2.45, 2.75) is 19.3 Å². The van der Waals surface area contributed by atoms with Crippen LogP contribution in [-0.4, -0.2) is 6.71 Å². The van der Waals surface area contributed by atoms with Crippen molar-refractivity contribution in [2.75, 3.05) is 14.7 Å². The Kier molecular flexibility index (Phi) is 6.86. The third-order valence-corrected chi connectivity index (χ3v) is 13.1. The molecule has 0 saturated carbocycles. The maximum Gasteiger partial charge on any atom is 0.264 e.